The molecule has 43 heavy (non-hydrogen) atoms. The van der Waals surface area contributed by atoms with Gasteiger partial charge in [0.15, 0.2) is 0 Å². The molecule has 1 aliphatic heterocycles. The van der Waals surface area contributed by atoms with Crippen molar-refractivity contribution in [3.05, 3.63) is 65.2 Å². The van der Waals surface area contributed by atoms with Crippen molar-refractivity contribution in [2.45, 2.75) is 65.7 Å². The van der Waals surface area contributed by atoms with Crippen molar-refractivity contribution in [3.8, 4) is 22.8 Å². The van der Waals surface area contributed by atoms with Gasteiger partial charge in [-0.1, -0.05) is 6.07 Å². The topological polar surface area (TPSA) is 138 Å². The SMILES string of the molecule is CC(C)(C)OC(=O)Nc1cc(Oc2ccc3nc(-c4cnc5n(c4=O)CCCN5C(=O)OC(C)(C)C)ccc3c2)ccn1. The molecule has 0 bridgehead atoms. The summed E-state index contributed by atoms with van der Waals surface area (Å²) in [4.78, 5) is 53.0. The minimum absolute atomic E-state index is 0.261. The highest BCUT2D eigenvalue weighted by Gasteiger charge is 2.30. The lowest BCUT2D eigenvalue weighted by Gasteiger charge is -2.31. The zero-order valence-electron chi connectivity index (χ0n) is 25.0. The number of amides is 2. The van der Waals surface area contributed by atoms with Gasteiger partial charge in [-0.25, -0.2) is 29.4 Å². The number of anilines is 2. The van der Waals surface area contributed by atoms with Crippen LogP contribution in [0.15, 0.2) is 59.7 Å². The van der Waals surface area contributed by atoms with E-state index in [2.05, 4.69) is 15.3 Å². The van der Waals surface area contributed by atoms with E-state index in [1.54, 1.807) is 71.9 Å². The number of rotatable bonds is 4. The molecular formula is C31H34N6O6. The van der Waals surface area contributed by atoms with Crippen LogP contribution in [0.2, 0.25) is 0 Å². The number of hydrogen-bond donors (Lipinski definition) is 1. The molecule has 0 atom stereocenters. The molecule has 0 spiro atoms. The van der Waals surface area contributed by atoms with Gasteiger partial charge in [-0.15, -0.1) is 0 Å². The fraction of sp³-hybridized carbons (Fsp3) is 0.355. The second kappa shape index (κ2) is 11.3. The second-order valence-electron chi connectivity index (χ2n) is 12.1. The summed E-state index contributed by atoms with van der Waals surface area (Å²) in [6.45, 7) is 11.6. The average Bonchev–Trinajstić information content (AvgIpc) is 2.91. The highest BCUT2D eigenvalue weighted by molar-refractivity contribution is 5.87. The molecule has 0 aliphatic carbocycles. The molecule has 0 saturated heterocycles. The predicted octanol–water partition coefficient (Wildman–Crippen LogP) is 6.14. The Labute approximate surface area is 248 Å². The third-order valence-corrected chi connectivity index (χ3v) is 6.18. The Balaban J connectivity index is 1.35. The fourth-order valence-electron chi connectivity index (χ4n) is 4.46. The van der Waals surface area contributed by atoms with Crippen LogP contribution in [0.5, 0.6) is 11.5 Å². The molecule has 4 heterocycles. The van der Waals surface area contributed by atoms with E-state index in [1.807, 2.05) is 12.1 Å². The standard InChI is InChI=1S/C31H34N6O6/c1-30(2,3)42-28(39)35-25-17-21(12-13-32-25)41-20-9-11-23-19(16-20)8-10-24(34-23)22-18-33-27-36(26(22)38)14-7-15-37(27)29(40)43-31(4,5)6/h8-13,16-18H,7,14-15H2,1-6H3,(H,32,35,39). The van der Waals surface area contributed by atoms with E-state index in [1.165, 1.54) is 21.9 Å². The molecule has 1 aliphatic rings. The molecule has 2 amide bonds. The molecule has 1 N–H and O–H groups in total. The van der Waals surface area contributed by atoms with Crippen LogP contribution in [0.25, 0.3) is 22.2 Å². The van der Waals surface area contributed by atoms with Crippen molar-refractivity contribution >= 4 is 34.9 Å². The van der Waals surface area contributed by atoms with Crippen molar-refractivity contribution in [2.75, 3.05) is 16.8 Å². The summed E-state index contributed by atoms with van der Waals surface area (Å²) in [7, 11) is 0. The third-order valence-electron chi connectivity index (χ3n) is 6.18. The number of nitrogens with one attached hydrogen (secondary N) is 1. The number of benzene rings is 1. The lowest BCUT2D eigenvalue weighted by Crippen LogP contribution is -2.44. The molecule has 4 aromatic rings. The first-order chi connectivity index (χ1) is 20.3. The van der Waals surface area contributed by atoms with E-state index in [4.69, 9.17) is 19.2 Å². The van der Waals surface area contributed by atoms with Gasteiger partial charge in [0, 0.05) is 36.9 Å². The Morgan fingerprint density at radius 2 is 1.63 bits per heavy atom. The van der Waals surface area contributed by atoms with E-state index in [0.717, 1.165) is 5.39 Å². The number of carbonyl (C=O) groups excluding carboxylic acids is 2. The van der Waals surface area contributed by atoms with Crippen molar-refractivity contribution in [2.24, 2.45) is 0 Å². The zero-order chi connectivity index (χ0) is 30.9. The van der Waals surface area contributed by atoms with Gasteiger partial charge in [0.1, 0.15) is 28.5 Å². The highest BCUT2D eigenvalue weighted by atomic mass is 16.6. The Bertz CT molecular complexity index is 1750. The molecule has 224 valence electrons. The first-order valence-electron chi connectivity index (χ1n) is 13.9. The number of ether oxygens (including phenoxy) is 3. The van der Waals surface area contributed by atoms with E-state index in [0.29, 0.717) is 47.8 Å². The van der Waals surface area contributed by atoms with Crippen LogP contribution < -0.4 is 20.5 Å². The van der Waals surface area contributed by atoms with Gasteiger partial charge in [-0.2, -0.15) is 0 Å². The summed E-state index contributed by atoms with van der Waals surface area (Å²) < 4.78 is 18.3. The lowest BCUT2D eigenvalue weighted by atomic mass is 10.1. The van der Waals surface area contributed by atoms with Gasteiger partial charge in [0.2, 0.25) is 5.95 Å². The van der Waals surface area contributed by atoms with Gasteiger partial charge in [-0.3, -0.25) is 14.7 Å². The first kappa shape index (κ1) is 29.5. The molecule has 3 aromatic heterocycles. The molecule has 0 radical (unpaired) electrons. The van der Waals surface area contributed by atoms with Crippen LogP contribution in [0.3, 0.4) is 0 Å². The van der Waals surface area contributed by atoms with E-state index >= 15 is 0 Å². The van der Waals surface area contributed by atoms with E-state index in [9.17, 15) is 14.4 Å². The lowest BCUT2D eigenvalue weighted by molar-refractivity contribution is 0.0569. The van der Waals surface area contributed by atoms with Crippen molar-refractivity contribution in [3.63, 3.8) is 0 Å². The summed E-state index contributed by atoms with van der Waals surface area (Å²) in [5.74, 6) is 1.57. The minimum Gasteiger partial charge on any atom is -0.457 e. The molecule has 0 saturated carbocycles. The maximum absolute atomic E-state index is 13.5. The average molecular weight is 587 g/mol. The molecule has 0 unspecified atom stereocenters. The maximum atomic E-state index is 13.5. The molecule has 12 heteroatoms. The Morgan fingerprint density at radius 1 is 0.884 bits per heavy atom. The highest BCUT2D eigenvalue weighted by Crippen LogP contribution is 2.28. The monoisotopic (exact) mass is 586 g/mol. The van der Waals surface area contributed by atoms with Crippen LogP contribution in [0.4, 0.5) is 21.4 Å². The number of fused-ring (bicyclic) bond motifs is 2. The molecular weight excluding hydrogens is 552 g/mol. The van der Waals surface area contributed by atoms with Crippen LogP contribution in [-0.4, -0.2) is 49.5 Å². The normalized spacial score (nSPS) is 13.3. The van der Waals surface area contributed by atoms with E-state index < -0.39 is 23.4 Å². The predicted molar refractivity (Wildman–Crippen MR) is 162 cm³/mol. The fourth-order valence-corrected chi connectivity index (χ4v) is 4.46. The van der Waals surface area contributed by atoms with Gasteiger partial charge < -0.3 is 14.2 Å². The van der Waals surface area contributed by atoms with Crippen molar-refractivity contribution in [1.82, 2.24) is 19.5 Å². The molecule has 12 nitrogen and oxygen atoms in total. The number of pyridine rings is 2. The Kier molecular flexibility index (Phi) is 7.78. The summed E-state index contributed by atoms with van der Waals surface area (Å²) in [6, 6.07) is 12.2. The first-order valence-corrected chi connectivity index (χ1v) is 13.9. The van der Waals surface area contributed by atoms with E-state index in [-0.39, 0.29) is 17.3 Å². The molecule has 5 rings (SSSR count). The van der Waals surface area contributed by atoms with Gasteiger partial charge in [0.05, 0.1) is 16.8 Å². The van der Waals surface area contributed by atoms with Crippen LogP contribution in [0, 0.1) is 0 Å². The molecule has 0 fully saturated rings. The summed E-state index contributed by atoms with van der Waals surface area (Å²) in [6.07, 6.45) is 2.42. The Hall–Kier alpha value is -5.00. The number of hydrogen-bond acceptors (Lipinski definition) is 9. The van der Waals surface area contributed by atoms with Gasteiger partial charge in [-0.05, 0) is 78.3 Å². The third kappa shape index (κ3) is 7.08. The van der Waals surface area contributed by atoms with Gasteiger partial charge in [0.25, 0.3) is 5.56 Å². The zero-order valence-corrected chi connectivity index (χ0v) is 25.0. The van der Waals surface area contributed by atoms with Crippen LogP contribution in [0.1, 0.15) is 48.0 Å². The number of aromatic nitrogens is 4. The quantitative estimate of drug-likeness (QED) is 0.299. The van der Waals surface area contributed by atoms with Crippen LogP contribution in [-0.2, 0) is 16.0 Å². The maximum Gasteiger partial charge on any atom is 0.417 e. The molecule has 1 aromatic carbocycles. The van der Waals surface area contributed by atoms with Crippen molar-refractivity contribution < 1.29 is 23.8 Å². The van der Waals surface area contributed by atoms with Crippen LogP contribution >= 0.6 is 0 Å². The minimum atomic E-state index is -0.667. The summed E-state index contributed by atoms with van der Waals surface area (Å²) >= 11 is 0. The van der Waals surface area contributed by atoms with Gasteiger partial charge >= 0.3 is 12.2 Å². The smallest absolute Gasteiger partial charge is 0.417 e. The Morgan fingerprint density at radius 3 is 2.37 bits per heavy atom. The summed E-state index contributed by atoms with van der Waals surface area (Å²) in [5, 5.41) is 3.39. The second-order valence-corrected chi connectivity index (χ2v) is 12.1. The van der Waals surface area contributed by atoms with Crippen molar-refractivity contribution in [1.29, 1.82) is 0 Å². The number of nitrogens with zero attached hydrogens (tertiary/aromatic N) is 5. The largest absolute Gasteiger partial charge is 0.457 e. The summed E-state index contributed by atoms with van der Waals surface area (Å²) in [5.41, 5.74) is -0.123. The number of carbonyl (C=O) groups is 2.